The van der Waals surface area contributed by atoms with E-state index in [-0.39, 0.29) is 18.9 Å². The molecule has 9 heteroatoms. The maximum atomic E-state index is 12.0. The SMILES string of the molecule is NCCCCCC(=O)OOC(=O)CCC(=O)OC(=O)OCC1c2ccccc2-c2ccccc21. The van der Waals surface area contributed by atoms with Crippen LogP contribution in [0.3, 0.4) is 0 Å². The lowest BCUT2D eigenvalue weighted by Crippen LogP contribution is -2.18. The van der Waals surface area contributed by atoms with Gasteiger partial charge in [0.15, 0.2) is 0 Å². The van der Waals surface area contributed by atoms with E-state index in [1.54, 1.807) is 0 Å². The summed E-state index contributed by atoms with van der Waals surface area (Å²) in [6.07, 6.45) is 0.216. The van der Waals surface area contributed by atoms with Crippen molar-refractivity contribution < 1.29 is 38.4 Å². The minimum atomic E-state index is -1.15. The number of esters is 1. The molecule has 2 aromatic rings. The summed E-state index contributed by atoms with van der Waals surface area (Å²) in [6, 6.07) is 15.7. The van der Waals surface area contributed by atoms with Gasteiger partial charge in [-0.2, -0.15) is 0 Å². The van der Waals surface area contributed by atoms with Gasteiger partial charge in [0.1, 0.15) is 6.61 Å². The highest BCUT2D eigenvalue weighted by Crippen LogP contribution is 2.44. The normalized spacial score (nSPS) is 11.8. The van der Waals surface area contributed by atoms with Crippen molar-refractivity contribution >= 4 is 24.1 Å². The lowest BCUT2D eigenvalue weighted by atomic mass is 9.98. The van der Waals surface area contributed by atoms with Crippen molar-refractivity contribution in [1.82, 2.24) is 0 Å². The first kappa shape index (κ1) is 24.9. The van der Waals surface area contributed by atoms with E-state index in [1.807, 2.05) is 48.5 Å². The summed E-state index contributed by atoms with van der Waals surface area (Å²) in [5.74, 6) is -2.75. The number of rotatable bonds is 10. The van der Waals surface area contributed by atoms with E-state index in [9.17, 15) is 19.2 Å². The van der Waals surface area contributed by atoms with Gasteiger partial charge in [0.25, 0.3) is 0 Å². The average Bonchev–Trinajstić information content (AvgIpc) is 3.16. The third-order valence-electron chi connectivity index (χ3n) is 5.37. The van der Waals surface area contributed by atoms with E-state index in [0.29, 0.717) is 13.0 Å². The molecule has 2 N–H and O–H groups in total. The van der Waals surface area contributed by atoms with Crippen molar-refractivity contribution in [3.05, 3.63) is 59.7 Å². The molecule has 0 saturated carbocycles. The number of carbonyl (C=O) groups excluding carboxylic acids is 4. The Labute approximate surface area is 197 Å². The van der Waals surface area contributed by atoms with E-state index in [0.717, 1.165) is 35.1 Å². The highest BCUT2D eigenvalue weighted by Gasteiger charge is 2.29. The minimum absolute atomic E-state index is 0.00339. The van der Waals surface area contributed by atoms with Gasteiger partial charge in [0.2, 0.25) is 0 Å². The molecule has 180 valence electrons. The Morgan fingerprint density at radius 2 is 1.26 bits per heavy atom. The summed E-state index contributed by atoms with van der Waals surface area (Å²) in [5.41, 5.74) is 9.56. The highest BCUT2D eigenvalue weighted by molar-refractivity contribution is 5.85. The maximum Gasteiger partial charge on any atom is 0.516 e. The fraction of sp³-hybridized carbons (Fsp3) is 0.360. The first-order valence-corrected chi connectivity index (χ1v) is 11.2. The lowest BCUT2D eigenvalue weighted by molar-refractivity contribution is -0.259. The van der Waals surface area contributed by atoms with Gasteiger partial charge in [-0.1, -0.05) is 55.0 Å². The summed E-state index contributed by atoms with van der Waals surface area (Å²) >= 11 is 0. The summed E-state index contributed by atoms with van der Waals surface area (Å²) in [4.78, 5) is 55.6. The molecular formula is C25H27NO8. The van der Waals surface area contributed by atoms with Crippen LogP contribution in [-0.4, -0.2) is 37.2 Å². The lowest BCUT2D eigenvalue weighted by Gasteiger charge is -2.13. The molecule has 9 nitrogen and oxygen atoms in total. The van der Waals surface area contributed by atoms with Crippen molar-refractivity contribution in [3.63, 3.8) is 0 Å². The predicted octanol–water partition coefficient (Wildman–Crippen LogP) is 3.78. The van der Waals surface area contributed by atoms with Gasteiger partial charge >= 0.3 is 24.1 Å². The molecule has 34 heavy (non-hydrogen) atoms. The Hall–Kier alpha value is -3.72. The van der Waals surface area contributed by atoms with Crippen LogP contribution in [0.1, 0.15) is 55.6 Å². The zero-order chi connectivity index (χ0) is 24.3. The van der Waals surface area contributed by atoms with Gasteiger partial charge in [-0.15, -0.1) is 0 Å². The third kappa shape index (κ3) is 6.89. The van der Waals surface area contributed by atoms with E-state index >= 15 is 0 Å². The number of unbranched alkanes of at least 4 members (excludes halogenated alkanes) is 2. The molecule has 0 atom stereocenters. The Morgan fingerprint density at radius 3 is 1.88 bits per heavy atom. The van der Waals surface area contributed by atoms with Gasteiger partial charge in [-0.05, 0) is 41.6 Å². The highest BCUT2D eigenvalue weighted by atomic mass is 17.2. The second kappa shape index (κ2) is 12.5. The number of nitrogens with two attached hydrogens (primary N) is 1. The smallest absolute Gasteiger partial charge is 0.433 e. The van der Waals surface area contributed by atoms with Crippen LogP contribution in [0.4, 0.5) is 4.79 Å². The van der Waals surface area contributed by atoms with Gasteiger partial charge in [0.05, 0.1) is 19.3 Å². The summed E-state index contributed by atoms with van der Waals surface area (Å²) < 4.78 is 9.79. The van der Waals surface area contributed by atoms with Crippen LogP contribution in [0.2, 0.25) is 0 Å². The maximum absolute atomic E-state index is 12.0. The van der Waals surface area contributed by atoms with Gasteiger partial charge in [-0.25, -0.2) is 24.2 Å². The van der Waals surface area contributed by atoms with Crippen LogP contribution >= 0.6 is 0 Å². The Bertz CT molecular complexity index is 990. The quantitative estimate of drug-likeness (QED) is 0.181. The summed E-state index contributed by atoms with van der Waals surface area (Å²) in [5, 5.41) is 0. The van der Waals surface area contributed by atoms with Gasteiger partial charge < -0.3 is 15.2 Å². The molecule has 0 fully saturated rings. The van der Waals surface area contributed by atoms with Crippen molar-refractivity contribution in [2.45, 2.75) is 44.4 Å². The van der Waals surface area contributed by atoms with Crippen molar-refractivity contribution in [3.8, 4) is 11.1 Å². The molecule has 0 aliphatic heterocycles. The van der Waals surface area contributed by atoms with Crippen LogP contribution in [0.15, 0.2) is 48.5 Å². The molecule has 0 radical (unpaired) electrons. The first-order chi connectivity index (χ1) is 16.5. The van der Waals surface area contributed by atoms with Crippen LogP contribution in [0, 0.1) is 0 Å². The molecule has 1 aliphatic carbocycles. The molecule has 0 saturated heterocycles. The first-order valence-electron chi connectivity index (χ1n) is 11.2. The zero-order valence-corrected chi connectivity index (χ0v) is 18.7. The molecule has 1 aliphatic rings. The van der Waals surface area contributed by atoms with E-state index < -0.39 is 36.9 Å². The van der Waals surface area contributed by atoms with Crippen molar-refractivity contribution in [2.75, 3.05) is 13.2 Å². The molecule has 0 amide bonds. The number of carbonyl (C=O) groups is 4. The number of hydrogen-bond donors (Lipinski definition) is 1. The molecular weight excluding hydrogens is 442 g/mol. The van der Waals surface area contributed by atoms with E-state index in [4.69, 9.17) is 10.5 Å². The Kier molecular flexibility index (Phi) is 9.16. The molecule has 0 aromatic heterocycles. The second-order valence-corrected chi connectivity index (χ2v) is 7.77. The predicted molar refractivity (Wildman–Crippen MR) is 120 cm³/mol. The molecule has 0 bridgehead atoms. The standard InChI is InChI=1S/C25H27NO8/c26-15-7-1-2-12-23(28)33-34-24(29)14-13-22(27)32-25(30)31-16-21-19-10-5-3-8-17(19)18-9-4-6-11-20(18)21/h3-6,8-11,21H,1-2,7,12-16,26H2. The van der Waals surface area contributed by atoms with Crippen molar-refractivity contribution in [2.24, 2.45) is 5.73 Å². The third-order valence-corrected chi connectivity index (χ3v) is 5.37. The molecule has 3 rings (SSSR count). The number of ether oxygens (including phenoxy) is 2. The molecule has 0 spiro atoms. The number of benzene rings is 2. The Morgan fingerprint density at radius 1 is 0.706 bits per heavy atom. The van der Waals surface area contributed by atoms with E-state index in [2.05, 4.69) is 14.5 Å². The van der Waals surface area contributed by atoms with Gasteiger partial charge in [-0.3, -0.25) is 4.79 Å². The molecule has 0 unspecified atom stereocenters. The number of fused-ring (bicyclic) bond motifs is 3. The molecule has 0 heterocycles. The fourth-order valence-electron chi connectivity index (χ4n) is 3.74. The monoisotopic (exact) mass is 469 g/mol. The largest absolute Gasteiger partial charge is 0.516 e. The molecule has 2 aromatic carbocycles. The average molecular weight is 469 g/mol. The van der Waals surface area contributed by atoms with Crippen LogP contribution < -0.4 is 5.73 Å². The second-order valence-electron chi connectivity index (χ2n) is 7.77. The zero-order valence-electron chi connectivity index (χ0n) is 18.7. The van der Waals surface area contributed by atoms with Crippen LogP contribution in [0.25, 0.3) is 11.1 Å². The number of hydrogen-bond acceptors (Lipinski definition) is 9. The topological polar surface area (TPSA) is 131 Å². The minimum Gasteiger partial charge on any atom is -0.433 e. The summed E-state index contributed by atoms with van der Waals surface area (Å²) in [6.45, 7) is 0.541. The van der Waals surface area contributed by atoms with Crippen LogP contribution in [-0.2, 0) is 33.6 Å². The van der Waals surface area contributed by atoms with E-state index in [1.165, 1.54) is 0 Å². The van der Waals surface area contributed by atoms with Gasteiger partial charge in [0, 0.05) is 5.92 Å². The fourth-order valence-corrected chi connectivity index (χ4v) is 3.74. The van der Waals surface area contributed by atoms with Crippen LogP contribution in [0.5, 0.6) is 0 Å². The Balaban J connectivity index is 1.37. The van der Waals surface area contributed by atoms with Crippen molar-refractivity contribution in [1.29, 1.82) is 0 Å². The summed E-state index contributed by atoms with van der Waals surface area (Å²) in [7, 11) is 0.